The van der Waals surface area contributed by atoms with E-state index in [0.29, 0.717) is 5.92 Å². The maximum atomic E-state index is 12.9. The lowest BCUT2D eigenvalue weighted by molar-refractivity contribution is 0.0772. The van der Waals surface area contributed by atoms with Gasteiger partial charge in [0.15, 0.2) is 0 Å². The number of hydrogen-bond acceptors (Lipinski definition) is 3. The molecule has 0 aliphatic rings. The third-order valence-corrected chi connectivity index (χ3v) is 5.23. The first kappa shape index (κ1) is 18.7. The summed E-state index contributed by atoms with van der Waals surface area (Å²) in [6, 6.07) is 2.03. The molecule has 0 spiro atoms. The van der Waals surface area contributed by atoms with Gasteiger partial charge in [0.05, 0.1) is 22.0 Å². The molecule has 0 bridgehead atoms. The molecule has 0 aromatic carbocycles. The van der Waals surface area contributed by atoms with Crippen LogP contribution in [0.5, 0.6) is 0 Å². The number of hydrogen-bond donors (Lipinski definition) is 0. The van der Waals surface area contributed by atoms with Crippen molar-refractivity contribution in [2.45, 2.75) is 54.5 Å². The van der Waals surface area contributed by atoms with E-state index in [2.05, 4.69) is 35.7 Å². The Bertz CT molecular complexity index is 696. The van der Waals surface area contributed by atoms with Crippen molar-refractivity contribution in [2.24, 2.45) is 5.92 Å². The molecular formula is C19H29N3OS. The minimum absolute atomic E-state index is 0.119. The summed E-state index contributed by atoms with van der Waals surface area (Å²) in [5, 5.41) is 3.14. The fraction of sp³-hybridized carbons (Fsp3) is 0.579. The lowest BCUT2D eigenvalue weighted by Crippen LogP contribution is -2.30. The molecule has 5 heteroatoms. The van der Waals surface area contributed by atoms with E-state index >= 15 is 0 Å². The van der Waals surface area contributed by atoms with E-state index in [0.717, 1.165) is 53.7 Å². The van der Waals surface area contributed by atoms with Crippen LogP contribution < -0.4 is 0 Å². The van der Waals surface area contributed by atoms with Crippen molar-refractivity contribution >= 4 is 17.2 Å². The normalized spacial score (nSPS) is 11.3. The number of thiazole rings is 1. The van der Waals surface area contributed by atoms with Gasteiger partial charge in [-0.15, -0.1) is 11.3 Å². The molecule has 2 aromatic rings. The van der Waals surface area contributed by atoms with Crippen molar-refractivity contribution in [3.8, 4) is 11.4 Å². The Morgan fingerprint density at radius 2 is 1.96 bits per heavy atom. The molecule has 0 saturated carbocycles. The van der Waals surface area contributed by atoms with Gasteiger partial charge >= 0.3 is 0 Å². The SMILES string of the molecule is CCN(CC)C(=O)c1cc(-c2csc(C)n2)n(CCC(C)C)c1C. The summed E-state index contributed by atoms with van der Waals surface area (Å²) < 4.78 is 2.27. The maximum Gasteiger partial charge on any atom is 0.255 e. The van der Waals surface area contributed by atoms with Gasteiger partial charge in [-0.2, -0.15) is 0 Å². The summed E-state index contributed by atoms with van der Waals surface area (Å²) in [7, 11) is 0. The Hall–Kier alpha value is -1.62. The van der Waals surface area contributed by atoms with E-state index in [4.69, 9.17) is 0 Å². The van der Waals surface area contributed by atoms with Crippen molar-refractivity contribution in [3.63, 3.8) is 0 Å². The summed E-state index contributed by atoms with van der Waals surface area (Å²) in [4.78, 5) is 19.4. The van der Waals surface area contributed by atoms with Gasteiger partial charge < -0.3 is 9.47 Å². The average Bonchev–Trinajstić information content (AvgIpc) is 3.10. The molecule has 0 atom stereocenters. The van der Waals surface area contributed by atoms with Gasteiger partial charge in [0.25, 0.3) is 5.91 Å². The smallest absolute Gasteiger partial charge is 0.255 e. The molecule has 2 rings (SSSR count). The van der Waals surface area contributed by atoms with Crippen molar-refractivity contribution in [1.29, 1.82) is 0 Å². The molecule has 0 fully saturated rings. The van der Waals surface area contributed by atoms with Crippen LogP contribution in [0.3, 0.4) is 0 Å². The molecular weight excluding hydrogens is 318 g/mol. The van der Waals surface area contributed by atoms with Gasteiger partial charge in [0.2, 0.25) is 0 Å². The van der Waals surface area contributed by atoms with Crippen LogP contribution in [0.25, 0.3) is 11.4 Å². The Morgan fingerprint density at radius 3 is 2.46 bits per heavy atom. The molecule has 0 saturated heterocycles. The first-order valence-electron chi connectivity index (χ1n) is 8.80. The topological polar surface area (TPSA) is 38.1 Å². The Kier molecular flexibility index (Phi) is 6.21. The van der Waals surface area contributed by atoms with Crippen molar-refractivity contribution in [3.05, 3.63) is 27.7 Å². The molecule has 0 N–H and O–H groups in total. The quantitative estimate of drug-likeness (QED) is 0.724. The molecule has 0 aliphatic carbocycles. The van der Waals surface area contributed by atoms with E-state index in [1.54, 1.807) is 11.3 Å². The Balaban J connectivity index is 2.48. The molecule has 4 nitrogen and oxygen atoms in total. The summed E-state index contributed by atoms with van der Waals surface area (Å²) >= 11 is 1.65. The number of aryl methyl sites for hydroxylation is 1. The predicted molar refractivity (Wildman–Crippen MR) is 102 cm³/mol. The molecule has 0 unspecified atom stereocenters. The van der Waals surface area contributed by atoms with Gasteiger partial charge in [0.1, 0.15) is 0 Å². The molecule has 1 amide bonds. The Morgan fingerprint density at radius 1 is 1.29 bits per heavy atom. The van der Waals surface area contributed by atoms with Crippen LogP contribution in [0.15, 0.2) is 11.4 Å². The zero-order valence-corrected chi connectivity index (χ0v) is 16.5. The van der Waals surface area contributed by atoms with Gasteiger partial charge in [-0.3, -0.25) is 4.79 Å². The summed E-state index contributed by atoms with van der Waals surface area (Å²) in [5.74, 6) is 0.743. The standard InChI is InChI=1S/C19H29N3OS/c1-7-21(8-2)19(23)16-11-18(17-12-24-15(6)20-17)22(14(16)5)10-9-13(3)4/h11-13H,7-10H2,1-6H3. The predicted octanol–water partition coefficient (Wildman–Crippen LogP) is 4.76. The summed E-state index contributed by atoms with van der Waals surface area (Å²) in [5.41, 5.74) is 3.90. The summed E-state index contributed by atoms with van der Waals surface area (Å²) in [6.45, 7) is 15.0. The zero-order valence-electron chi connectivity index (χ0n) is 15.7. The van der Waals surface area contributed by atoms with Crippen molar-refractivity contribution in [2.75, 3.05) is 13.1 Å². The van der Waals surface area contributed by atoms with Crippen molar-refractivity contribution in [1.82, 2.24) is 14.5 Å². The third kappa shape index (κ3) is 3.89. The number of aromatic nitrogens is 2. The Labute approximate surface area is 149 Å². The van der Waals surface area contributed by atoms with E-state index in [1.807, 2.05) is 31.7 Å². The molecule has 2 heterocycles. The highest BCUT2D eigenvalue weighted by atomic mass is 32.1. The van der Waals surface area contributed by atoms with E-state index in [9.17, 15) is 4.79 Å². The van der Waals surface area contributed by atoms with Crippen LogP contribution in [0.1, 0.15) is 55.2 Å². The second-order valence-electron chi connectivity index (χ2n) is 6.59. The van der Waals surface area contributed by atoms with Gasteiger partial charge in [-0.05, 0) is 46.1 Å². The number of nitrogens with zero attached hydrogens (tertiary/aromatic N) is 3. The third-order valence-electron chi connectivity index (χ3n) is 4.46. The lowest BCUT2D eigenvalue weighted by atomic mass is 10.1. The van der Waals surface area contributed by atoms with E-state index < -0.39 is 0 Å². The molecule has 2 aromatic heterocycles. The molecule has 0 radical (unpaired) electrons. The van der Waals surface area contributed by atoms with Crippen LogP contribution in [0, 0.1) is 19.8 Å². The van der Waals surface area contributed by atoms with Crippen LogP contribution in [0.2, 0.25) is 0 Å². The minimum Gasteiger partial charge on any atom is -0.343 e. The van der Waals surface area contributed by atoms with Crippen LogP contribution >= 0.6 is 11.3 Å². The fourth-order valence-electron chi connectivity index (χ4n) is 2.91. The van der Waals surface area contributed by atoms with Gasteiger partial charge in [-0.1, -0.05) is 13.8 Å². The van der Waals surface area contributed by atoms with Crippen LogP contribution in [-0.2, 0) is 6.54 Å². The first-order chi connectivity index (χ1) is 11.4. The number of amides is 1. The highest BCUT2D eigenvalue weighted by Crippen LogP contribution is 2.28. The second kappa shape index (κ2) is 7.97. The minimum atomic E-state index is 0.119. The monoisotopic (exact) mass is 347 g/mol. The highest BCUT2D eigenvalue weighted by molar-refractivity contribution is 7.09. The average molecular weight is 348 g/mol. The van der Waals surface area contributed by atoms with E-state index in [-0.39, 0.29) is 5.91 Å². The number of rotatable bonds is 7. The number of carbonyl (C=O) groups excluding carboxylic acids is 1. The molecule has 24 heavy (non-hydrogen) atoms. The lowest BCUT2D eigenvalue weighted by Gasteiger charge is -2.18. The first-order valence-corrected chi connectivity index (χ1v) is 9.68. The van der Waals surface area contributed by atoms with E-state index in [1.165, 1.54) is 0 Å². The van der Waals surface area contributed by atoms with Crippen LogP contribution in [-0.4, -0.2) is 33.4 Å². The van der Waals surface area contributed by atoms with Gasteiger partial charge in [0, 0.05) is 30.7 Å². The van der Waals surface area contributed by atoms with Crippen LogP contribution in [0.4, 0.5) is 0 Å². The highest BCUT2D eigenvalue weighted by Gasteiger charge is 2.22. The second-order valence-corrected chi connectivity index (χ2v) is 7.65. The van der Waals surface area contributed by atoms with Gasteiger partial charge in [-0.25, -0.2) is 4.98 Å². The zero-order chi connectivity index (χ0) is 17.9. The maximum absolute atomic E-state index is 12.9. The fourth-order valence-corrected chi connectivity index (χ4v) is 3.52. The van der Waals surface area contributed by atoms with Crippen molar-refractivity contribution < 1.29 is 4.79 Å². The molecule has 0 aliphatic heterocycles. The summed E-state index contributed by atoms with van der Waals surface area (Å²) in [6.07, 6.45) is 1.09. The molecule has 132 valence electrons. The largest absolute Gasteiger partial charge is 0.343 e. The number of carbonyl (C=O) groups is 1.